The van der Waals surface area contributed by atoms with Gasteiger partial charge in [0.1, 0.15) is 0 Å². The number of aliphatic hydroxyl groups excluding tert-OH is 1. The van der Waals surface area contributed by atoms with Crippen molar-refractivity contribution in [1.82, 2.24) is 5.32 Å². The van der Waals surface area contributed by atoms with E-state index in [0.717, 1.165) is 26.1 Å². The van der Waals surface area contributed by atoms with Gasteiger partial charge in [0.25, 0.3) is 0 Å². The third-order valence-corrected chi connectivity index (χ3v) is 3.96. The van der Waals surface area contributed by atoms with Crippen LogP contribution < -0.4 is 5.32 Å². The first-order chi connectivity index (χ1) is 8.66. The summed E-state index contributed by atoms with van der Waals surface area (Å²) in [4.78, 5) is 0. The van der Waals surface area contributed by atoms with Crippen molar-refractivity contribution in [3.8, 4) is 0 Å². The smallest absolute Gasteiger partial charge is 0.0681 e. The minimum absolute atomic E-state index is 0.166. The highest BCUT2D eigenvalue weighted by Crippen LogP contribution is 2.40. The van der Waals surface area contributed by atoms with Gasteiger partial charge in [-0.1, -0.05) is 13.8 Å². The molecule has 2 N–H and O–H groups in total. The van der Waals surface area contributed by atoms with Crippen LogP contribution >= 0.6 is 0 Å². The molecule has 1 saturated carbocycles. The summed E-state index contributed by atoms with van der Waals surface area (Å²) in [5, 5.41) is 13.3. The number of aliphatic hydroxyl groups is 1. The molecule has 0 aromatic rings. The summed E-state index contributed by atoms with van der Waals surface area (Å²) in [7, 11) is 0. The van der Waals surface area contributed by atoms with E-state index in [-0.39, 0.29) is 12.1 Å². The molecule has 0 radical (unpaired) electrons. The van der Waals surface area contributed by atoms with Crippen LogP contribution in [0.1, 0.15) is 39.5 Å². The van der Waals surface area contributed by atoms with Gasteiger partial charge in [-0.15, -0.1) is 0 Å². The lowest BCUT2D eigenvalue weighted by molar-refractivity contribution is -0.0653. The number of ether oxygens (including phenoxy) is 2. The highest BCUT2D eigenvalue weighted by atomic mass is 16.5. The zero-order chi connectivity index (χ0) is 13.0. The molecule has 2 aliphatic rings. The quantitative estimate of drug-likeness (QED) is 0.722. The summed E-state index contributed by atoms with van der Waals surface area (Å²) in [6.07, 6.45) is 4.67. The Morgan fingerprint density at radius 1 is 1.28 bits per heavy atom. The minimum Gasteiger partial charge on any atom is -0.394 e. The molecule has 2 rings (SSSR count). The maximum absolute atomic E-state index is 9.80. The third kappa shape index (κ3) is 3.67. The van der Waals surface area contributed by atoms with Crippen molar-refractivity contribution in [2.45, 2.75) is 57.2 Å². The van der Waals surface area contributed by atoms with Crippen molar-refractivity contribution >= 4 is 0 Å². The molecule has 0 aromatic heterocycles. The summed E-state index contributed by atoms with van der Waals surface area (Å²) in [6.45, 7) is 6.65. The normalized spacial score (nSPS) is 25.3. The topological polar surface area (TPSA) is 50.7 Å². The molecule has 18 heavy (non-hydrogen) atoms. The SMILES string of the molecule is CC(C)NC(CO)(COC1CCOCC1)C1CC1. The van der Waals surface area contributed by atoms with Crippen LogP contribution in [0.2, 0.25) is 0 Å². The maximum atomic E-state index is 9.80. The maximum Gasteiger partial charge on any atom is 0.0681 e. The average Bonchev–Trinajstić information content (AvgIpc) is 3.20. The molecule has 1 aliphatic heterocycles. The summed E-state index contributed by atoms with van der Waals surface area (Å²) < 4.78 is 11.4. The van der Waals surface area contributed by atoms with Gasteiger partial charge in [0.15, 0.2) is 0 Å². The fourth-order valence-electron chi connectivity index (χ4n) is 2.82. The zero-order valence-corrected chi connectivity index (χ0v) is 11.7. The standard InChI is InChI=1S/C14H27NO3/c1-11(2)15-14(9-16,12-3-4-12)10-18-13-5-7-17-8-6-13/h11-13,15-16H,3-10H2,1-2H3. The van der Waals surface area contributed by atoms with E-state index in [1.54, 1.807) is 0 Å². The van der Waals surface area contributed by atoms with Gasteiger partial charge in [-0.2, -0.15) is 0 Å². The van der Waals surface area contributed by atoms with E-state index in [0.29, 0.717) is 24.7 Å². The van der Waals surface area contributed by atoms with Gasteiger partial charge < -0.3 is 19.9 Å². The van der Waals surface area contributed by atoms with E-state index in [1.165, 1.54) is 12.8 Å². The number of nitrogens with one attached hydrogen (secondary N) is 1. The van der Waals surface area contributed by atoms with Gasteiger partial charge in [0, 0.05) is 19.3 Å². The van der Waals surface area contributed by atoms with Crippen LogP contribution in [0.3, 0.4) is 0 Å². The second-order valence-corrected chi connectivity index (χ2v) is 6.01. The Bertz CT molecular complexity index is 249. The van der Waals surface area contributed by atoms with E-state index in [1.807, 2.05) is 0 Å². The van der Waals surface area contributed by atoms with Crippen LogP contribution in [0.5, 0.6) is 0 Å². The molecule has 106 valence electrons. The molecule has 4 nitrogen and oxygen atoms in total. The molecule has 2 fully saturated rings. The van der Waals surface area contributed by atoms with Crippen LogP contribution in [0, 0.1) is 5.92 Å². The van der Waals surface area contributed by atoms with Crippen molar-refractivity contribution in [2.75, 3.05) is 26.4 Å². The molecule has 1 unspecified atom stereocenters. The Morgan fingerprint density at radius 2 is 1.94 bits per heavy atom. The molecule has 4 heteroatoms. The predicted octanol–water partition coefficient (Wildman–Crippen LogP) is 1.32. The molecular weight excluding hydrogens is 230 g/mol. The van der Waals surface area contributed by atoms with Gasteiger partial charge in [-0.3, -0.25) is 0 Å². The summed E-state index contributed by atoms with van der Waals surface area (Å²) in [6, 6.07) is 0.371. The largest absolute Gasteiger partial charge is 0.394 e. The van der Waals surface area contributed by atoms with Gasteiger partial charge in [0.2, 0.25) is 0 Å². The first-order valence-corrected chi connectivity index (χ1v) is 7.24. The van der Waals surface area contributed by atoms with E-state index in [2.05, 4.69) is 19.2 Å². The molecular formula is C14H27NO3. The highest BCUT2D eigenvalue weighted by molar-refractivity contribution is 5.02. The third-order valence-electron chi connectivity index (χ3n) is 3.96. The second kappa shape index (κ2) is 6.33. The van der Waals surface area contributed by atoms with Crippen molar-refractivity contribution in [2.24, 2.45) is 5.92 Å². The van der Waals surface area contributed by atoms with Crippen molar-refractivity contribution in [1.29, 1.82) is 0 Å². The van der Waals surface area contributed by atoms with Crippen molar-refractivity contribution < 1.29 is 14.6 Å². The first-order valence-electron chi connectivity index (χ1n) is 7.24. The monoisotopic (exact) mass is 257 g/mol. The Balaban J connectivity index is 1.87. The lowest BCUT2D eigenvalue weighted by Gasteiger charge is -2.37. The summed E-state index contributed by atoms with van der Waals surface area (Å²) in [5.74, 6) is 0.574. The Labute approximate surface area is 110 Å². The lowest BCUT2D eigenvalue weighted by Crippen LogP contribution is -2.57. The zero-order valence-electron chi connectivity index (χ0n) is 11.7. The van der Waals surface area contributed by atoms with Crippen LogP contribution in [0.15, 0.2) is 0 Å². The number of hydrogen-bond donors (Lipinski definition) is 2. The highest BCUT2D eigenvalue weighted by Gasteiger charge is 2.45. The fourth-order valence-corrected chi connectivity index (χ4v) is 2.82. The Morgan fingerprint density at radius 3 is 2.44 bits per heavy atom. The summed E-state index contributed by atoms with van der Waals surface area (Å²) >= 11 is 0. The lowest BCUT2D eigenvalue weighted by atomic mass is 9.94. The van der Waals surface area contributed by atoms with Crippen LogP contribution in [0.25, 0.3) is 0 Å². The van der Waals surface area contributed by atoms with E-state index in [4.69, 9.17) is 9.47 Å². The average molecular weight is 257 g/mol. The Hall–Kier alpha value is -0.160. The molecule has 0 spiro atoms. The van der Waals surface area contributed by atoms with Gasteiger partial charge >= 0.3 is 0 Å². The molecule has 1 aliphatic carbocycles. The van der Waals surface area contributed by atoms with Gasteiger partial charge in [-0.05, 0) is 31.6 Å². The van der Waals surface area contributed by atoms with E-state index in [9.17, 15) is 5.11 Å². The molecule has 0 bridgehead atoms. The molecule has 0 aromatic carbocycles. The van der Waals surface area contributed by atoms with Crippen LogP contribution in [0.4, 0.5) is 0 Å². The number of rotatable bonds is 7. The van der Waals surface area contributed by atoms with Crippen LogP contribution in [-0.4, -0.2) is 49.2 Å². The Kier molecular flexibility index (Phi) is 5.01. The van der Waals surface area contributed by atoms with Crippen molar-refractivity contribution in [3.05, 3.63) is 0 Å². The van der Waals surface area contributed by atoms with E-state index >= 15 is 0 Å². The summed E-state index contributed by atoms with van der Waals surface area (Å²) in [5.41, 5.74) is -0.230. The molecule has 0 amide bonds. The minimum atomic E-state index is -0.230. The molecule has 1 saturated heterocycles. The van der Waals surface area contributed by atoms with Crippen LogP contribution in [-0.2, 0) is 9.47 Å². The molecule has 1 heterocycles. The first kappa shape index (κ1) is 14.3. The fraction of sp³-hybridized carbons (Fsp3) is 1.00. The predicted molar refractivity (Wildman–Crippen MR) is 70.6 cm³/mol. The molecule has 1 atom stereocenters. The van der Waals surface area contributed by atoms with Crippen molar-refractivity contribution in [3.63, 3.8) is 0 Å². The van der Waals surface area contributed by atoms with Gasteiger partial charge in [-0.25, -0.2) is 0 Å². The number of hydrogen-bond acceptors (Lipinski definition) is 4. The second-order valence-electron chi connectivity index (χ2n) is 6.01. The van der Waals surface area contributed by atoms with E-state index < -0.39 is 0 Å². The van der Waals surface area contributed by atoms with Gasteiger partial charge in [0.05, 0.1) is 24.9 Å².